The van der Waals surface area contributed by atoms with Crippen molar-refractivity contribution in [3.63, 3.8) is 0 Å². The number of carboxylic acids is 1. The summed E-state index contributed by atoms with van der Waals surface area (Å²) in [5.41, 5.74) is 7.97. The second kappa shape index (κ2) is 8.95. The molecule has 4 N–H and O–H groups in total. The van der Waals surface area contributed by atoms with Crippen LogP contribution in [0.4, 0.5) is 5.95 Å². The maximum atomic E-state index is 12.2. The molecule has 0 spiro atoms. The largest absolute Gasteiger partial charge is 0.481 e. The molecule has 12 heteroatoms. The lowest BCUT2D eigenvalue weighted by Gasteiger charge is -2.39. The number of hydrogen-bond acceptors (Lipinski definition) is 8. The fraction of sp³-hybridized carbons (Fsp3) is 0.261. The number of nitrogens with zero attached hydrogens (tertiary/aromatic N) is 5. The number of rotatable bonds is 5. The number of nitrogens with two attached hydrogens (primary N) is 1. The third-order valence-corrected chi connectivity index (χ3v) is 7.09. The minimum Gasteiger partial charge on any atom is -0.481 e. The minimum atomic E-state index is -1.20. The van der Waals surface area contributed by atoms with Crippen LogP contribution in [0.5, 0.6) is 5.88 Å². The molecule has 1 aromatic carbocycles. The number of hydrogen-bond donors (Lipinski definition) is 3. The number of carbonyl (C=O) groups is 1. The van der Waals surface area contributed by atoms with Crippen molar-refractivity contribution in [2.45, 2.75) is 18.4 Å². The first-order valence-electron chi connectivity index (χ1n) is 10.8. The van der Waals surface area contributed by atoms with Crippen LogP contribution in [0.15, 0.2) is 36.5 Å². The van der Waals surface area contributed by atoms with Crippen LogP contribution in [0.3, 0.4) is 0 Å². The van der Waals surface area contributed by atoms with Crippen molar-refractivity contribution in [3.05, 3.63) is 57.8 Å². The molecule has 0 radical (unpaired) electrons. The van der Waals surface area contributed by atoms with Gasteiger partial charge >= 0.3 is 5.97 Å². The topological polar surface area (TPSA) is 143 Å². The highest BCUT2D eigenvalue weighted by molar-refractivity contribution is 6.43. The van der Waals surface area contributed by atoms with Crippen LogP contribution in [-0.4, -0.2) is 56.4 Å². The van der Waals surface area contributed by atoms with Gasteiger partial charge in [-0.15, -0.1) is 0 Å². The van der Waals surface area contributed by atoms with E-state index in [1.807, 2.05) is 11.0 Å². The van der Waals surface area contributed by atoms with Crippen LogP contribution in [0.1, 0.15) is 28.9 Å². The van der Waals surface area contributed by atoms with Gasteiger partial charge in [0.15, 0.2) is 11.3 Å². The Labute approximate surface area is 210 Å². The molecule has 0 aliphatic carbocycles. The van der Waals surface area contributed by atoms with Crippen molar-refractivity contribution >= 4 is 46.2 Å². The van der Waals surface area contributed by atoms with Crippen LogP contribution >= 0.6 is 23.2 Å². The van der Waals surface area contributed by atoms with Crippen LogP contribution in [0.25, 0.3) is 22.3 Å². The molecule has 1 saturated heterocycles. The zero-order valence-electron chi connectivity index (χ0n) is 18.6. The van der Waals surface area contributed by atoms with Crippen LogP contribution in [0.2, 0.25) is 10.0 Å². The summed E-state index contributed by atoms with van der Waals surface area (Å²) >= 11 is 12.5. The number of fused-ring (bicyclic) bond motifs is 1. The number of nitrogens with one attached hydrogen (secondary N) is 1. The number of benzene rings is 1. The van der Waals surface area contributed by atoms with Gasteiger partial charge in [0, 0.05) is 36.5 Å². The highest BCUT2D eigenvalue weighted by Crippen LogP contribution is 2.37. The number of aromatic carboxylic acids is 1. The fourth-order valence-corrected chi connectivity index (χ4v) is 4.68. The maximum absolute atomic E-state index is 12.2. The normalized spacial score (nSPS) is 15.4. The minimum absolute atomic E-state index is 0.172. The van der Waals surface area contributed by atoms with Crippen molar-refractivity contribution < 1.29 is 14.6 Å². The zero-order valence-corrected chi connectivity index (χ0v) is 20.1. The van der Waals surface area contributed by atoms with E-state index in [1.165, 1.54) is 0 Å². The summed E-state index contributed by atoms with van der Waals surface area (Å²) in [5, 5.41) is 17.9. The Balaban J connectivity index is 1.47. The summed E-state index contributed by atoms with van der Waals surface area (Å²) in [6.45, 7) is 1.07. The highest BCUT2D eigenvalue weighted by Gasteiger charge is 2.34. The molecular weight excluding hydrogens is 493 g/mol. The number of anilines is 1. The first kappa shape index (κ1) is 23.3. The van der Waals surface area contributed by atoms with Gasteiger partial charge in [0.05, 0.1) is 22.5 Å². The van der Waals surface area contributed by atoms with Gasteiger partial charge in [-0.1, -0.05) is 41.4 Å². The van der Waals surface area contributed by atoms with E-state index in [9.17, 15) is 9.90 Å². The molecule has 4 heterocycles. The van der Waals surface area contributed by atoms with Gasteiger partial charge in [-0.3, -0.25) is 5.10 Å². The molecule has 1 aliphatic rings. The van der Waals surface area contributed by atoms with E-state index in [1.54, 1.807) is 37.6 Å². The molecular formula is C23H21Cl2N7O3. The van der Waals surface area contributed by atoms with Crippen molar-refractivity contribution in [2.75, 3.05) is 25.1 Å². The Hall–Kier alpha value is -3.47. The molecule has 0 atom stereocenters. The number of ether oxygens (including phenoxy) is 1. The Morgan fingerprint density at radius 3 is 2.63 bits per heavy atom. The summed E-state index contributed by atoms with van der Waals surface area (Å²) in [4.78, 5) is 27.3. The molecule has 10 nitrogen and oxygen atoms in total. The quantitative estimate of drug-likeness (QED) is 0.362. The first-order valence-corrected chi connectivity index (χ1v) is 11.5. The summed E-state index contributed by atoms with van der Waals surface area (Å²) in [6, 6.07) is 8.77. The second-order valence-electron chi connectivity index (χ2n) is 8.31. The van der Waals surface area contributed by atoms with Gasteiger partial charge in [0.1, 0.15) is 5.69 Å². The van der Waals surface area contributed by atoms with Crippen molar-refractivity contribution in [3.8, 4) is 17.1 Å². The number of piperidine rings is 1. The average Bonchev–Trinajstić information content (AvgIpc) is 3.29. The van der Waals surface area contributed by atoms with Crippen LogP contribution < -0.4 is 15.4 Å². The summed E-state index contributed by atoms with van der Waals surface area (Å²) < 4.78 is 5.13. The Bertz CT molecular complexity index is 1420. The predicted molar refractivity (Wildman–Crippen MR) is 132 cm³/mol. The molecule has 180 valence electrons. The van der Waals surface area contributed by atoms with E-state index in [4.69, 9.17) is 33.7 Å². The number of H-pyrrole nitrogens is 1. The number of carboxylic acid groups (broad SMARTS) is 1. The molecule has 0 unspecified atom stereocenters. The molecule has 0 saturated carbocycles. The van der Waals surface area contributed by atoms with E-state index < -0.39 is 11.5 Å². The average molecular weight is 514 g/mol. The van der Waals surface area contributed by atoms with Crippen molar-refractivity contribution in [1.29, 1.82) is 0 Å². The summed E-state index contributed by atoms with van der Waals surface area (Å²) in [6.07, 6.45) is 2.95. The number of pyridine rings is 1. The molecule has 35 heavy (non-hydrogen) atoms. The lowest BCUT2D eigenvalue weighted by atomic mass is 9.83. The molecule has 0 amide bonds. The van der Waals surface area contributed by atoms with Gasteiger partial charge in [-0.2, -0.15) is 10.1 Å². The molecule has 3 aromatic heterocycles. The zero-order chi connectivity index (χ0) is 24.7. The summed E-state index contributed by atoms with van der Waals surface area (Å²) in [5.74, 6) is -0.387. The van der Waals surface area contributed by atoms with Crippen LogP contribution in [0, 0.1) is 0 Å². The summed E-state index contributed by atoms with van der Waals surface area (Å²) in [7, 11) is 1.56. The second-order valence-corrected chi connectivity index (χ2v) is 9.09. The number of aromatic nitrogens is 5. The van der Waals surface area contributed by atoms with E-state index in [0.29, 0.717) is 53.7 Å². The Kier molecular flexibility index (Phi) is 5.96. The molecule has 1 fully saturated rings. The van der Waals surface area contributed by atoms with E-state index in [-0.39, 0.29) is 22.1 Å². The van der Waals surface area contributed by atoms with Gasteiger partial charge in [-0.25, -0.2) is 14.8 Å². The van der Waals surface area contributed by atoms with Crippen molar-refractivity contribution in [2.24, 2.45) is 5.73 Å². The van der Waals surface area contributed by atoms with Crippen LogP contribution in [-0.2, 0) is 5.54 Å². The van der Waals surface area contributed by atoms with Gasteiger partial charge in [-0.05, 0) is 24.5 Å². The maximum Gasteiger partial charge on any atom is 0.355 e. The van der Waals surface area contributed by atoms with E-state index in [0.717, 1.165) is 5.56 Å². The van der Waals surface area contributed by atoms with Crippen molar-refractivity contribution in [1.82, 2.24) is 25.1 Å². The Morgan fingerprint density at radius 1 is 1.20 bits per heavy atom. The van der Waals surface area contributed by atoms with Gasteiger partial charge in [0.2, 0.25) is 11.8 Å². The Morgan fingerprint density at radius 2 is 1.97 bits per heavy atom. The lowest BCUT2D eigenvalue weighted by Crippen LogP contribution is -2.48. The number of aromatic amines is 1. The number of halogens is 2. The molecule has 5 rings (SSSR count). The third-order valence-electron chi connectivity index (χ3n) is 6.28. The monoisotopic (exact) mass is 513 g/mol. The first-order chi connectivity index (χ1) is 16.8. The molecule has 4 aromatic rings. The predicted octanol–water partition coefficient (Wildman–Crippen LogP) is 3.88. The molecule has 1 aliphatic heterocycles. The van der Waals surface area contributed by atoms with E-state index >= 15 is 0 Å². The SMILES string of the molecule is COc1ccc(C2(N)CCN(c3nc(C(=O)O)c4c(-c5cccc(Cl)c5Cl)n[nH]c4n3)CC2)cn1. The molecule has 0 bridgehead atoms. The smallest absolute Gasteiger partial charge is 0.355 e. The highest BCUT2D eigenvalue weighted by atomic mass is 35.5. The fourth-order valence-electron chi connectivity index (χ4n) is 4.29. The van der Waals surface area contributed by atoms with E-state index in [2.05, 4.69) is 25.1 Å². The van der Waals surface area contributed by atoms with Gasteiger partial charge in [0.25, 0.3) is 0 Å². The van der Waals surface area contributed by atoms with Gasteiger partial charge < -0.3 is 20.5 Å². The third kappa shape index (κ3) is 4.13. The number of methoxy groups -OCH3 is 1. The standard InChI is InChI=1S/C23H21Cl2N7O3/c1-35-15-6-5-12(11-27-15)23(26)7-9-32(10-8-23)22-28-19(21(33)34)16-18(30-31-20(16)29-22)13-3-2-4-14(24)17(13)25/h2-6,11H,7-10,26H2,1H3,(H,33,34)(H,28,29,30,31). The lowest BCUT2D eigenvalue weighted by molar-refractivity contribution is 0.0692.